The summed E-state index contributed by atoms with van der Waals surface area (Å²) in [6.07, 6.45) is 2.11. The molecule has 0 amide bonds. The molecule has 0 saturated heterocycles. The number of hydrogen-bond acceptors (Lipinski definition) is 1. The normalized spacial score (nSPS) is 11.3. The van der Waals surface area contributed by atoms with Gasteiger partial charge in [-0.15, -0.1) is 0 Å². The monoisotopic (exact) mass is 321 g/mol. The highest BCUT2D eigenvalue weighted by Gasteiger charge is 2.12. The second-order valence-electron chi connectivity index (χ2n) is 5.79. The first-order chi connectivity index (χ1) is 10.0. The lowest BCUT2D eigenvalue weighted by Gasteiger charge is -2.21. The van der Waals surface area contributed by atoms with Crippen LogP contribution in [0.3, 0.4) is 0 Å². The Labute approximate surface area is 137 Å². The lowest BCUT2D eigenvalue weighted by atomic mass is 9.92. The Morgan fingerprint density at radius 1 is 0.762 bits per heavy atom. The molecule has 21 heavy (non-hydrogen) atoms. The molecule has 112 valence electrons. The predicted octanol–water partition coefficient (Wildman–Crippen LogP) is 4.96. The third-order valence-corrected chi connectivity index (χ3v) is 4.00. The average molecular weight is 322 g/mol. The molecule has 3 heteroatoms. The number of benzene rings is 2. The van der Waals surface area contributed by atoms with Crippen LogP contribution in [-0.4, -0.2) is 25.5 Å². The van der Waals surface area contributed by atoms with Gasteiger partial charge < -0.3 is 4.90 Å². The smallest absolute Gasteiger partial charge is 0.0406 e. The first-order valence-electron chi connectivity index (χ1n) is 7.16. The van der Waals surface area contributed by atoms with Crippen LogP contribution in [0.4, 0.5) is 0 Å². The molecule has 0 fully saturated rings. The SMILES string of the molecule is CN(C)CC(Cc1ccc(Cl)cc1)Cc1ccc(Cl)cc1. The van der Waals surface area contributed by atoms with E-state index in [1.807, 2.05) is 24.3 Å². The van der Waals surface area contributed by atoms with Gasteiger partial charge in [-0.3, -0.25) is 0 Å². The molecule has 0 bridgehead atoms. The van der Waals surface area contributed by atoms with Crippen LogP contribution in [0.5, 0.6) is 0 Å². The highest BCUT2D eigenvalue weighted by Crippen LogP contribution is 2.19. The molecule has 0 N–H and O–H groups in total. The Kier molecular flexibility index (Phi) is 6.10. The lowest BCUT2D eigenvalue weighted by Crippen LogP contribution is -2.25. The maximum Gasteiger partial charge on any atom is 0.0406 e. The van der Waals surface area contributed by atoms with Crippen LogP contribution >= 0.6 is 23.2 Å². The zero-order chi connectivity index (χ0) is 15.2. The topological polar surface area (TPSA) is 3.24 Å². The molecule has 0 radical (unpaired) electrons. The molecule has 0 aromatic heterocycles. The van der Waals surface area contributed by atoms with Crippen LogP contribution < -0.4 is 0 Å². The minimum atomic E-state index is 0.572. The molecule has 0 heterocycles. The van der Waals surface area contributed by atoms with Gasteiger partial charge in [-0.05, 0) is 68.2 Å². The maximum atomic E-state index is 5.96. The molecule has 0 spiro atoms. The summed E-state index contributed by atoms with van der Waals surface area (Å²) in [6.45, 7) is 1.06. The molecule has 2 rings (SSSR count). The molecule has 0 aliphatic heterocycles. The molecule has 0 saturated carbocycles. The summed E-state index contributed by atoms with van der Waals surface area (Å²) in [5.41, 5.74) is 2.67. The van der Waals surface area contributed by atoms with E-state index in [0.29, 0.717) is 5.92 Å². The highest BCUT2D eigenvalue weighted by atomic mass is 35.5. The van der Waals surface area contributed by atoms with Crippen molar-refractivity contribution in [1.29, 1.82) is 0 Å². The van der Waals surface area contributed by atoms with Crippen molar-refractivity contribution in [2.45, 2.75) is 12.8 Å². The van der Waals surface area contributed by atoms with Crippen LogP contribution in [0.1, 0.15) is 11.1 Å². The van der Waals surface area contributed by atoms with Gasteiger partial charge in [0.2, 0.25) is 0 Å². The van der Waals surface area contributed by atoms with Gasteiger partial charge in [-0.2, -0.15) is 0 Å². The van der Waals surface area contributed by atoms with Gasteiger partial charge in [0.25, 0.3) is 0 Å². The van der Waals surface area contributed by atoms with Gasteiger partial charge >= 0.3 is 0 Å². The molecule has 0 unspecified atom stereocenters. The summed E-state index contributed by atoms with van der Waals surface area (Å²) in [4.78, 5) is 2.25. The Bertz CT molecular complexity index is 499. The minimum Gasteiger partial charge on any atom is -0.309 e. The quantitative estimate of drug-likeness (QED) is 0.727. The molecule has 0 atom stereocenters. The molecule has 2 aromatic carbocycles. The van der Waals surface area contributed by atoms with Gasteiger partial charge in [0.15, 0.2) is 0 Å². The van der Waals surface area contributed by atoms with Crippen molar-refractivity contribution in [3.05, 3.63) is 69.7 Å². The summed E-state index contributed by atoms with van der Waals surface area (Å²) in [5, 5.41) is 1.58. The van der Waals surface area contributed by atoms with Crippen LogP contribution in [0.15, 0.2) is 48.5 Å². The van der Waals surface area contributed by atoms with E-state index in [2.05, 4.69) is 43.3 Å². The van der Waals surface area contributed by atoms with Crippen molar-refractivity contribution in [2.75, 3.05) is 20.6 Å². The Hall–Kier alpha value is -1.02. The summed E-state index contributed by atoms with van der Waals surface area (Å²) in [7, 11) is 4.24. The fraction of sp³-hybridized carbons (Fsp3) is 0.333. The van der Waals surface area contributed by atoms with E-state index in [1.54, 1.807) is 0 Å². The van der Waals surface area contributed by atoms with E-state index in [0.717, 1.165) is 29.4 Å². The van der Waals surface area contributed by atoms with Crippen molar-refractivity contribution in [3.63, 3.8) is 0 Å². The van der Waals surface area contributed by atoms with E-state index in [1.165, 1.54) is 11.1 Å². The van der Waals surface area contributed by atoms with E-state index in [4.69, 9.17) is 23.2 Å². The molecule has 2 aromatic rings. The van der Waals surface area contributed by atoms with E-state index >= 15 is 0 Å². The molecule has 0 aliphatic carbocycles. The second-order valence-corrected chi connectivity index (χ2v) is 6.66. The zero-order valence-electron chi connectivity index (χ0n) is 12.5. The van der Waals surface area contributed by atoms with Crippen molar-refractivity contribution in [1.82, 2.24) is 4.90 Å². The zero-order valence-corrected chi connectivity index (χ0v) is 14.0. The minimum absolute atomic E-state index is 0.572. The van der Waals surface area contributed by atoms with Crippen LogP contribution in [0, 0.1) is 5.92 Å². The molecular weight excluding hydrogens is 301 g/mol. The Morgan fingerprint density at radius 3 is 1.48 bits per heavy atom. The lowest BCUT2D eigenvalue weighted by molar-refractivity contribution is 0.321. The van der Waals surface area contributed by atoms with E-state index < -0.39 is 0 Å². The molecule has 0 aliphatic rings. The number of nitrogens with zero attached hydrogens (tertiary/aromatic N) is 1. The number of hydrogen-bond donors (Lipinski definition) is 0. The van der Waals surface area contributed by atoms with Gasteiger partial charge in [-0.25, -0.2) is 0 Å². The maximum absolute atomic E-state index is 5.96. The van der Waals surface area contributed by atoms with Gasteiger partial charge in [0.1, 0.15) is 0 Å². The van der Waals surface area contributed by atoms with Gasteiger partial charge in [0.05, 0.1) is 0 Å². The van der Waals surface area contributed by atoms with Gasteiger partial charge in [0, 0.05) is 16.6 Å². The largest absolute Gasteiger partial charge is 0.309 e. The van der Waals surface area contributed by atoms with Crippen LogP contribution in [0.25, 0.3) is 0 Å². The van der Waals surface area contributed by atoms with Crippen molar-refractivity contribution < 1.29 is 0 Å². The Balaban J connectivity index is 2.06. The molecule has 1 nitrogen and oxygen atoms in total. The fourth-order valence-corrected chi connectivity index (χ4v) is 2.88. The van der Waals surface area contributed by atoms with Crippen molar-refractivity contribution in [2.24, 2.45) is 5.92 Å². The second kappa shape index (κ2) is 7.84. The summed E-state index contributed by atoms with van der Waals surface area (Å²) in [5.74, 6) is 0.572. The summed E-state index contributed by atoms with van der Waals surface area (Å²) >= 11 is 11.9. The average Bonchev–Trinajstić information content (AvgIpc) is 2.43. The first-order valence-corrected chi connectivity index (χ1v) is 7.92. The first kappa shape index (κ1) is 16.4. The third kappa shape index (κ3) is 5.70. The number of rotatable bonds is 6. The molecular formula is C18H21Cl2N. The van der Waals surface area contributed by atoms with E-state index in [-0.39, 0.29) is 0 Å². The van der Waals surface area contributed by atoms with Crippen molar-refractivity contribution in [3.8, 4) is 0 Å². The number of halogens is 2. The predicted molar refractivity (Wildman–Crippen MR) is 92.4 cm³/mol. The summed E-state index contributed by atoms with van der Waals surface area (Å²) in [6, 6.07) is 16.3. The van der Waals surface area contributed by atoms with E-state index in [9.17, 15) is 0 Å². The fourth-order valence-electron chi connectivity index (χ4n) is 2.63. The van der Waals surface area contributed by atoms with Crippen molar-refractivity contribution >= 4 is 23.2 Å². The Morgan fingerprint density at radius 2 is 1.14 bits per heavy atom. The third-order valence-electron chi connectivity index (χ3n) is 3.50. The van der Waals surface area contributed by atoms with Gasteiger partial charge in [-0.1, -0.05) is 47.5 Å². The van der Waals surface area contributed by atoms with Crippen LogP contribution in [0.2, 0.25) is 10.0 Å². The highest BCUT2D eigenvalue weighted by molar-refractivity contribution is 6.30. The summed E-state index contributed by atoms with van der Waals surface area (Å²) < 4.78 is 0. The van der Waals surface area contributed by atoms with Crippen LogP contribution in [-0.2, 0) is 12.8 Å². The standard InChI is InChI=1S/C18H21Cl2N/c1-21(2)13-16(11-14-3-7-17(19)8-4-14)12-15-5-9-18(20)10-6-15/h3-10,16H,11-13H2,1-2H3.